The van der Waals surface area contributed by atoms with Gasteiger partial charge in [-0.2, -0.15) is 0 Å². The third kappa shape index (κ3) is 1.99. The first kappa shape index (κ1) is 10.1. The fourth-order valence-corrected chi connectivity index (χ4v) is 1.38. The summed E-state index contributed by atoms with van der Waals surface area (Å²) in [4.78, 5) is 11.1. The van der Waals surface area contributed by atoms with Gasteiger partial charge in [-0.25, -0.2) is 4.98 Å². The van der Waals surface area contributed by atoms with Gasteiger partial charge in [0.25, 0.3) is 0 Å². The van der Waals surface area contributed by atoms with E-state index in [0.29, 0.717) is 11.5 Å². The molecule has 0 saturated carbocycles. The molecule has 0 aliphatic heterocycles. The van der Waals surface area contributed by atoms with E-state index < -0.39 is 0 Å². The van der Waals surface area contributed by atoms with Crippen molar-refractivity contribution in [3.63, 3.8) is 0 Å². The quantitative estimate of drug-likeness (QED) is 0.433. The predicted octanol–water partition coefficient (Wildman–Crippen LogP) is 3.39. The second-order valence-electron chi connectivity index (χ2n) is 3.24. The Morgan fingerprint density at radius 2 is 2.00 bits per heavy atom. The predicted molar refractivity (Wildman–Crippen MR) is 61.0 cm³/mol. The molecule has 0 radical (unpaired) electrons. The zero-order valence-electron chi connectivity index (χ0n) is 8.70. The number of azide groups is 1. The Hall–Kier alpha value is -2.39. The van der Waals surface area contributed by atoms with Crippen LogP contribution in [0.4, 0.5) is 5.82 Å². The number of rotatable bonds is 2. The third-order valence-corrected chi connectivity index (χ3v) is 2.06. The largest absolute Gasteiger partial charge is 0.250 e. The molecule has 0 amide bonds. The summed E-state index contributed by atoms with van der Waals surface area (Å²) in [5.41, 5.74) is 10.7. The first-order valence-corrected chi connectivity index (χ1v) is 4.75. The van der Waals surface area contributed by atoms with Gasteiger partial charge in [0.15, 0.2) is 5.82 Å². The molecule has 5 nitrogen and oxygen atoms in total. The Morgan fingerprint density at radius 1 is 1.25 bits per heavy atom. The van der Waals surface area contributed by atoms with Crippen molar-refractivity contribution >= 4 is 5.82 Å². The van der Waals surface area contributed by atoms with Crippen LogP contribution in [0, 0.1) is 6.92 Å². The molecule has 16 heavy (non-hydrogen) atoms. The summed E-state index contributed by atoms with van der Waals surface area (Å²) >= 11 is 0. The molecule has 1 aromatic carbocycles. The summed E-state index contributed by atoms with van der Waals surface area (Å²) in [6.45, 7) is 1.85. The Labute approximate surface area is 92.4 Å². The van der Waals surface area contributed by atoms with Crippen molar-refractivity contribution in [2.45, 2.75) is 6.92 Å². The maximum Gasteiger partial charge on any atom is 0.153 e. The van der Waals surface area contributed by atoms with Crippen molar-refractivity contribution in [2.24, 2.45) is 5.11 Å². The second kappa shape index (κ2) is 4.42. The highest BCUT2D eigenvalue weighted by Crippen LogP contribution is 2.25. The second-order valence-corrected chi connectivity index (χ2v) is 3.24. The lowest BCUT2D eigenvalue weighted by atomic mass is 10.1. The van der Waals surface area contributed by atoms with Crippen LogP contribution in [-0.4, -0.2) is 9.97 Å². The number of nitrogens with zero attached hydrogens (tertiary/aromatic N) is 5. The van der Waals surface area contributed by atoms with E-state index in [-0.39, 0.29) is 0 Å². The number of benzene rings is 1. The molecule has 0 unspecified atom stereocenters. The number of hydrogen-bond acceptors (Lipinski definition) is 3. The molecule has 78 valence electrons. The van der Waals surface area contributed by atoms with E-state index >= 15 is 0 Å². The Bertz CT molecular complexity index is 544. The molecule has 0 aliphatic carbocycles. The first-order valence-electron chi connectivity index (χ1n) is 4.75. The molecular formula is C11H9N5. The third-order valence-electron chi connectivity index (χ3n) is 2.06. The molecule has 0 atom stereocenters. The van der Waals surface area contributed by atoms with Gasteiger partial charge in [0.05, 0.1) is 11.4 Å². The lowest BCUT2D eigenvalue weighted by molar-refractivity contribution is 1.11. The highest BCUT2D eigenvalue weighted by atomic mass is 15.2. The molecule has 5 heteroatoms. The van der Waals surface area contributed by atoms with Gasteiger partial charge < -0.3 is 0 Å². The average molecular weight is 211 g/mol. The Kier molecular flexibility index (Phi) is 2.80. The van der Waals surface area contributed by atoms with E-state index in [1.165, 1.54) is 0 Å². The highest BCUT2D eigenvalue weighted by Gasteiger charge is 2.06. The maximum atomic E-state index is 8.45. The van der Waals surface area contributed by atoms with Crippen molar-refractivity contribution in [3.8, 4) is 11.3 Å². The lowest BCUT2D eigenvalue weighted by Gasteiger charge is -2.04. The number of hydrogen-bond donors (Lipinski definition) is 0. The zero-order valence-corrected chi connectivity index (χ0v) is 8.70. The minimum Gasteiger partial charge on any atom is -0.250 e. The summed E-state index contributed by atoms with van der Waals surface area (Å²) in [5, 5.41) is 3.53. The van der Waals surface area contributed by atoms with Crippen LogP contribution in [0.5, 0.6) is 0 Å². The molecule has 0 N–H and O–H groups in total. The molecule has 0 aliphatic rings. The summed E-state index contributed by atoms with van der Waals surface area (Å²) in [7, 11) is 0. The van der Waals surface area contributed by atoms with Crippen LogP contribution in [0.3, 0.4) is 0 Å². The van der Waals surface area contributed by atoms with Crippen molar-refractivity contribution < 1.29 is 0 Å². The van der Waals surface area contributed by atoms with E-state index in [1.54, 1.807) is 6.20 Å². The van der Waals surface area contributed by atoms with Gasteiger partial charge in [-0.1, -0.05) is 30.3 Å². The molecule has 0 spiro atoms. The van der Waals surface area contributed by atoms with Crippen LogP contribution >= 0.6 is 0 Å². The molecule has 0 saturated heterocycles. The molecule has 0 fully saturated rings. The zero-order chi connectivity index (χ0) is 11.4. The van der Waals surface area contributed by atoms with Gasteiger partial charge in [0.2, 0.25) is 0 Å². The number of aromatic nitrogens is 2. The van der Waals surface area contributed by atoms with E-state index in [9.17, 15) is 0 Å². The van der Waals surface area contributed by atoms with Crippen LogP contribution in [0.2, 0.25) is 0 Å². The van der Waals surface area contributed by atoms with Crippen LogP contribution in [0.15, 0.2) is 41.6 Å². The minimum absolute atomic E-state index is 0.305. The standard InChI is InChI=1S/C11H9N5/c1-8-7-13-11(15-16-12)10(14-8)9-5-3-2-4-6-9/h2-7H,1H3. The van der Waals surface area contributed by atoms with E-state index in [0.717, 1.165) is 11.3 Å². The molecule has 2 aromatic rings. The van der Waals surface area contributed by atoms with E-state index in [4.69, 9.17) is 5.53 Å². The van der Waals surface area contributed by atoms with Crippen LogP contribution < -0.4 is 0 Å². The van der Waals surface area contributed by atoms with Crippen molar-refractivity contribution in [2.75, 3.05) is 0 Å². The number of aryl methyl sites for hydroxylation is 1. The maximum absolute atomic E-state index is 8.45. The smallest absolute Gasteiger partial charge is 0.153 e. The van der Waals surface area contributed by atoms with Gasteiger partial charge in [0.1, 0.15) is 0 Å². The summed E-state index contributed by atoms with van der Waals surface area (Å²) in [5.74, 6) is 0.305. The van der Waals surface area contributed by atoms with Crippen molar-refractivity contribution in [1.29, 1.82) is 0 Å². The highest BCUT2D eigenvalue weighted by molar-refractivity contribution is 5.68. The van der Waals surface area contributed by atoms with Crippen molar-refractivity contribution in [1.82, 2.24) is 9.97 Å². The van der Waals surface area contributed by atoms with Gasteiger partial charge in [-0.3, -0.25) is 4.98 Å². The van der Waals surface area contributed by atoms with Gasteiger partial charge >= 0.3 is 0 Å². The van der Waals surface area contributed by atoms with Crippen LogP contribution in [0.25, 0.3) is 21.7 Å². The van der Waals surface area contributed by atoms with Gasteiger partial charge in [0, 0.05) is 16.7 Å². The summed E-state index contributed by atoms with van der Waals surface area (Å²) in [6.07, 6.45) is 1.58. The van der Waals surface area contributed by atoms with Crippen LogP contribution in [-0.2, 0) is 0 Å². The fraction of sp³-hybridized carbons (Fsp3) is 0.0909. The SMILES string of the molecule is Cc1cnc(N=[N+]=[N-])c(-c2ccccc2)n1. The average Bonchev–Trinajstić information content (AvgIpc) is 2.33. The summed E-state index contributed by atoms with van der Waals surface area (Å²) in [6, 6.07) is 9.53. The minimum atomic E-state index is 0.305. The van der Waals surface area contributed by atoms with E-state index in [2.05, 4.69) is 20.0 Å². The Balaban J connectivity index is 2.62. The molecular weight excluding hydrogens is 202 g/mol. The van der Waals surface area contributed by atoms with Crippen LogP contribution in [0.1, 0.15) is 5.69 Å². The molecule has 1 aromatic heterocycles. The molecule has 0 bridgehead atoms. The monoisotopic (exact) mass is 211 g/mol. The first-order chi connectivity index (χ1) is 7.81. The topological polar surface area (TPSA) is 74.5 Å². The van der Waals surface area contributed by atoms with Crippen molar-refractivity contribution in [3.05, 3.63) is 52.7 Å². The summed E-state index contributed by atoms with van der Waals surface area (Å²) < 4.78 is 0. The fourth-order valence-electron chi connectivity index (χ4n) is 1.38. The van der Waals surface area contributed by atoms with Gasteiger partial charge in [-0.15, -0.1) is 0 Å². The van der Waals surface area contributed by atoms with E-state index in [1.807, 2.05) is 37.3 Å². The molecule has 2 rings (SSSR count). The molecule has 1 heterocycles. The normalized spacial score (nSPS) is 9.56. The Morgan fingerprint density at radius 3 is 2.69 bits per heavy atom. The lowest BCUT2D eigenvalue weighted by Crippen LogP contribution is -1.90. The van der Waals surface area contributed by atoms with Gasteiger partial charge in [-0.05, 0) is 17.6 Å².